The van der Waals surface area contributed by atoms with E-state index < -0.39 is 5.97 Å². The van der Waals surface area contributed by atoms with Crippen LogP contribution in [-0.2, 0) is 0 Å². The first-order chi connectivity index (χ1) is 7.85. The number of nitrogen functional groups attached to an aromatic ring is 1. The number of aromatic carboxylic acids is 1. The molecule has 0 fully saturated rings. The molecule has 0 saturated carbocycles. The van der Waals surface area contributed by atoms with E-state index in [2.05, 4.69) is 12.2 Å². The number of anilines is 2. The summed E-state index contributed by atoms with van der Waals surface area (Å²) in [5.41, 5.74) is 6.93. The lowest BCUT2D eigenvalue weighted by atomic mass is 9.97. The highest BCUT2D eigenvalue weighted by atomic mass is 16.4. The predicted molar refractivity (Wildman–Crippen MR) is 70.4 cm³/mol. The number of nitrogens with two attached hydrogens (primary N) is 1. The monoisotopic (exact) mass is 236 g/mol. The second-order valence-electron chi connectivity index (χ2n) is 4.87. The van der Waals surface area contributed by atoms with Crippen molar-refractivity contribution in [3.05, 3.63) is 23.8 Å². The molecule has 0 radical (unpaired) electrons. The Hall–Kier alpha value is -1.71. The van der Waals surface area contributed by atoms with Crippen LogP contribution >= 0.6 is 0 Å². The van der Waals surface area contributed by atoms with Gasteiger partial charge in [-0.15, -0.1) is 0 Å². The summed E-state index contributed by atoms with van der Waals surface area (Å²) in [7, 11) is 0. The van der Waals surface area contributed by atoms with Crippen molar-refractivity contribution in [2.75, 3.05) is 11.1 Å². The average Bonchev–Trinajstić information content (AvgIpc) is 2.15. The first-order valence-electron chi connectivity index (χ1n) is 5.77. The lowest BCUT2D eigenvalue weighted by Gasteiger charge is -2.28. The molecule has 0 spiro atoms. The van der Waals surface area contributed by atoms with E-state index in [1.165, 1.54) is 6.07 Å². The van der Waals surface area contributed by atoms with Crippen molar-refractivity contribution in [3.8, 4) is 0 Å². The average molecular weight is 236 g/mol. The van der Waals surface area contributed by atoms with Crippen LogP contribution in [0, 0.1) is 0 Å². The first kappa shape index (κ1) is 13.4. The van der Waals surface area contributed by atoms with E-state index in [0.717, 1.165) is 12.8 Å². The first-order valence-corrected chi connectivity index (χ1v) is 5.77. The zero-order chi connectivity index (χ0) is 13.1. The van der Waals surface area contributed by atoms with E-state index >= 15 is 0 Å². The van der Waals surface area contributed by atoms with Crippen LogP contribution in [0.1, 0.15) is 44.0 Å². The predicted octanol–water partition coefficient (Wildman–Crippen LogP) is 2.96. The van der Waals surface area contributed by atoms with Gasteiger partial charge in [0.25, 0.3) is 0 Å². The second-order valence-corrected chi connectivity index (χ2v) is 4.87. The van der Waals surface area contributed by atoms with Crippen LogP contribution in [-0.4, -0.2) is 16.6 Å². The van der Waals surface area contributed by atoms with Crippen LogP contribution in [0.5, 0.6) is 0 Å². The summed E-state index contributed by atoms with van der Waals surface area (Å²) in [5, 5.41) is 12.4. The SMILES string of the molecule is CCCC(C)(C)Nc1cc(N)ccc1C(=O)O. The Bertz CT molecular complexity index is 414. The number of hydrogen-bond acceptors (Lipinski definition) is 3. The molecule has 0 atom stereocenters. The Morgan fingerprint density at radius 2 is 2.12 bits per heavy atom. The van der Waals surface area contributed by atoms with Crippen LogP contribution in [0.2, 0.25) is 0 Å². The number of hydrogen-bond donors (Lipinski definition) is 3. The Morgan fingerprint density at radius 1 is 1.47 bits per heavy atom. The van der Waals surface area contributed by atoms with E-state index in [0.29, 0.717) is 11.4 Å². The van der Waals surface area contributed by atoms with Gasteiger partial charge in [0.05, 0.1) is 11.3 Å². The largest absolute Gasteiger partial charge is 0.478 e. The number of benzene rings is 1. The van der Waals surface area contributed by atoms with Gasteiger partial charge in [0.15, 0.2) is 0 Å². The van der Waals surface area contributed by atoms with Gasteiger partial charge in [0, 0.05) is 11.2 Å². The highest BCUT2D eigenvalue weighted by Crippen LogP contribution is 2.25. The molecule has 1 rings (SSSR count). The molecule has 1 aromatic carbocycles. The van der Waals surface area contributed by atoms with Gasteiger partial charge >= 0.3 is 5.97 Å². The van der Waals surface area contributed by atoms with E-state index in [1.807, 2.05) is 13.8 Å². The van der Waals surface area contributed by atoms with Gasteiger partial charge in [-0.3, -0.25) is 0 Å². The summed E-state index contributed by atoms with van der Waals surface area (Å²) in [6, 6.07) is 4.80. The molecule has 0 bridgehead atoms. The normalized spacial score (nSPS) is 11.2. The molecule has 0 aromatic heterocycles. The zero-order valence-electron chi connectivity index (χ0n) is 10.6. The highest BCUT2D eigenvalue weighted by molar-refractivity contribution is 5.95. The van der Waals surface area contributed by atoms with Crippen molar-refractivity contribution in [2.24, 2.45) is 0 Å². The lowest BCUT2D eigenvalue weighted by Crippen LogP contribution is -2.31. The van der Waals surface area contributed by atoms with Crippen molar-refractivity contribution >= 4 is 17.3 Å². The van der Waals surface area contributed by atoms with E-state index in [1.54, 1.807) is 12.1 Å². The quantitative estimate of drug-likeness (QED) is 0.687. The molecule has 17 heavy (non-hydrogen) atoms. The maximum Gasteiger partial charge on any atom is 0.337 e. The third-order valence-corrected chi connectivity index (χ3v) is 2.62. The van der Waals surface area contributed by atoms with Gasteiger partial charge in [0.2, 0.25) is 0 Å². The van der Waals surface area contributed by atoms with Crippen LogP contribution in [0.3, 0.4) is 0 Å². The van der Waals surface area contributed by atoms with E-state index in [9.17, 15) is 4.79 Å². The van der Waals surface area contributed by atoms with Gasteiger partial charge in [-0.05, 0) is 38.5 Å². The number of carboxylic acids is 1. The molecule has 0 aliphatic rings. The summed E-state index contributed by atoms with van der Waals surface area (Å²) < 4.78 is 0. The molecule has 4 N–H and O–H groups in total. The summed E-state index contributed by atoms with van der Waals surface area (Å²) >= 11 is 0. The van der Waals surface area contributed by atoms with Gasteiger partial charge in [-0.1, -0.05) is 13.3 Å². The maximum absolute atomic E-state index is 11.1. The minimum absolute atomic E-state index is 0.146. The molecule has 0 amide bonds. The minimum atomic E-state index is -0.945. The third kappa shape index (κ3) is 3.66. The molecule has 94 valence electrons. The van der Waals surface area contributed by atoms with Crippen molar-refractivity contribution in [2.45, 2.75) is 39.2 Å². The van der Waals surface area contributed by atoms with Gasteiger partial charge < -0.3 is 16.2 Å². The fourth-order valence-electron chi connectivity index (χ4n) is 1.90. The summed E-state index contributed by atoms with van der Waals surface area (Å²) in [6.45, 7) is 6.19. The molecule has 0 saturated heterocycles. The molecule has 1 aromatic rings. The van der Waals surface area contributed by atoms with Crippen LogP contribution in [0.25, 0.3) is 0 Å². The summed E-state index contributed by atoms with van der Waals surface area (Å²) in [6.07, 6.45) is 1.99. The number of carboxylic acid groups (broad SMARTS) is 1. The molecule has 4 heteroatoms. The topological polar surface area (TPSA) is 75.3 Å². The van der Waals surface area contributed by atoms with Gasteiger partial charge in [0.1, 0.15) is 0 Å². The second kappa shape index (κ2) is 5.08. The molecule has 0 unspecified atom stereocenters. The third-order valence-electron chi connectivity index (χ3n) is 2.62. The van der Waals surface area contributed by atoms with E-state index in [-0.39, 0.29) is 11.1 Å². The van der Waals surface area contributed by atoms with Crippen LogP contribution in [0.15, 0.2) is 18.2 Å². The molecular weight excluding hydrogens is 216 g/mol. The molecule has 0 aliphatic carbocycles. The molecule has 0 heterocycles. The Kier molecular flexibility index (Phi) is 3.99. The van der Waals surface area contributed by atoms with Gasteiger partial charge in [-0.2, -0.15) is 0 Å². The standard InChI is InChI=1S/C13H20N2O2/c1-4-7-13(2,3)15-11-8-9(14)5-6-10(11)12(16)17/h5-6,8,15H,4,7,14H2,1-3H3,(H,16,17). The Balaban J connectivity index is 3.04. The van der Waals surface area contributed by atoms with Gasteiger partial charge in [-0.25, -0.2) is 4.79 Å². The lowest BCUT2D eigenvalue weighted by molar-refractivity contribution is 0.0698. The fourth-order valence-corrected chi connectivity index (χ4v) is 1.90. The Morgan fingerprint density at radius 3 is 2.65 bits per heavy atom. The summed E-state index contributed by atoms with van der Waals surface area (Å²) in [4.78, 5) is 11.1. The van der Waals surface area contributed by atoms with Crippen molar-refractivity contribution in [3.63, 3.8) is 0 Å². The molecule has 4 nitrogen and oxygen atoms in total. The number of carbonyl (C=O) groups is 1. The smallest absolute Gasteiger partial charge is 0.337 e. The van der Waals surface area contributed by atoms with Crippen LogP contribution in [0.4, 0.5) is 11.4 Å². The number of nitrogens with one attached hydrogen (secondary N) is 1. The number of rotatable bonds is 5. The fraction of sp³-hybridized carbons (Fsp3) is 0.462. The van der Waals surface area contributed by atoms with E-state index in [4.69, 9.17) is 10.8 Å². The molecular formula is C13H20N2O2. The zero-order valence-corrected chi connectivity index (χ0v) is 10.6. The Labute approximate surface area is 102 Å². The van der Waals surface area contributed by atoms with Crippen molar-refractivity contribution < 1.29 is 9.90 Å². The highest BCUT2D eigenvalue weighted by Gasteiger charge is 2.19. The summed E-state index contributed by atoms with van der Waals surface area (Å²) in [5.74, 6) is -0.945. The van der Waals surface area contributed by atoms with Crippen molar-refractivity contribution in [1.82, 2.24) is 0 Å². The van der Waals surface area contributed by atoms with Crippen LogP contribution < -0.4 is 11.1 Å². The minimum Gasteiger partial charge on any atom is -0.478 e. The molecule has 0 aliphatic heterocycles. The van der Waals surface area contributed by atoms with Crippen molar-refractivity contribution in [1.29, 1.82) is 0 Å². The maximum atomic E-state index is 11.1.